The van der Waals surface area contributed by atoms with Crippen LogP contribution in [-0.4, -0.2) is 38.5 Å². The number of nitrogens with one attached hydrogen (secondary N) is 1. The van der Waals surface area contributed by atoms with Crippen molar-refractivity contribution in [2.24, 2.45) is 11.8 Å². The summed E-state index contributed by atoms with van der Waals surface area (Å²) in [5.41, 5.74) is 0.102. The predicted octanol–water partition coefficient (Wildman–Crippen LogP) is 2.60. The topological polar surface area (TPSA) is 30.5 Å². The van der Waals surface area contributed by atoms with Gasteiger partial charge in [0.1, 0.15) is 0 Å². The lowest BCUT2D eigenvalue weighted by Crippen LogP contribution is -2.46. The highest BCUT2D eigenvalue weighted by molar-refractivity contribution is 4.89. The first-order chi connectivity index (χ1) is 8.74. The van der Waals surface area contributed by atoms with Crippen LogP contribution >= 0.6 is 0 Å². The Balaban J connectivity index is 1.83. The summed E-state index contributed by atoms with van der Waals surface area (Å²) >= 11 is 0. The van der Waals surface area contributed by atoms with Crippen LogP contribution in [0.5, 0.6) is 0 Å². The van der Waals surface area contributed by atoms with Crippen LogP contribution in [0.3, 0.4) is 0 Å². The molecule has 0 aromatic carbocycles. The fourth-order valence-electron chi connectivity index (χ4n) is 3.02. The van der Waals surface area contributed by atoms with Gasteiger partial charge in [0.05, 0.1) is 18.8 Å². The second-order valence-corrected chi connectivity index (χ2v) is 6.19. The lowest BCUT2D eigenvalue weighted by Gasteiger charge is -2.40. The molecule has 1 atom stereocenters. The van der Waals surface area contributed by atoms with E-state index in [9.17, 15) is 0 Å². The summed E-state index contributed by atoms with van der Waals surface area (Å²) < 4.78 is 11.8. The summed E-state index contributed by atoms with van der Waals surface area (Å²) in [6, 6.07) is 0. The number of hydrogen-bond acceptors (Lipinski definition) is 3. The van der Waals surface area contributed by atoms with Gasteiger partial charge in [0.2, 0.25) is 0 Å². The van der Waals surface area contributed by atoms with Crippen LogP contribution in [0.15, 0.2) is 0 Å². The van der Waals surface area contributed by atoms with Crippen LogP contribution < -0.4 is 5.32 Å². The van der Waals surface area contributed by atoms with Crippen molar-refractivity contribution in [1.82, 2.24) is 5.32 Å². The van der Waals surface area contributed by atoms with Gasteiger partial charge < -0.3 is 14.8 Å². The molecule has 1 aliphatic carbocycles. The van der Waals surface area contributed by atoms with Crippen molar-refractivity contribution in [2.45, 2.75) is 51.6 Å². The van der Waals surface area contributed by atoms with Crippen LogP contribution in [0.25, 0.3) is 0 Å². The van der Waals surface area contributed by atoms with E-state index in [0.717, 1.165) is 38.8 Å². The van der Waals surface area contributed by atoms with E-state index in [-0.39, 0.29) is 5.60 Å². The highest BCUT2D eigenvalue weighted by atomic mass is 16.5. The molecule has 2 aliphatic rings. The van der Waals surface area contributed by atoms with E-state index in [4.69, 9.17) is 9.47 Å². The molecule has 2 rings (SSSR count). The van der Waals surface area contributed by atoms with Crippen LogP contribution in [0.4, 0.5) is 0 Å². The highest BCUT2D eigenvalue weighted by Gasteiger charge is 2.35. The van der Waals surface area contributed by atoms with Crippen molar-refractivity contribution >= 4 is 0 Å². The molecule has 0 aromatic rings. The van der Waals surface area contributed by atoms with Crippen LogP contribution in [-0.2, 0) is 9.47 Å². The Kier molecular flexibility index (Phi) is 5.46. The fraction of sp³-hybridized carbons (Fsp3) is 1.00. The number of rotatable bonds is 6. The van der Waals surface area contributed by atoms with Crippen LogP contribution in [0, 0.1) is 11.8 Å². The molecule has 1 unspecified atom stereocenters. The van der Waals surface area contributed by atoms with Gasteiger partial charge in [-0.3, -0.25) is 0 Å². The normalized spacial score (nSPS) is 37.0. The van der Waals surface area contributed by atoms with Gasteiger partial charge in [0.15, 0.2) is 0 Å². The van der Waals surface area contributed by atoms with Crippen LogP contribution in [0.1, 0.15) is 46.0 Å². The van der Waals surface area contributed by atoms with Gasteiger partial charge in [0.25, 0.3) is 0 Å². The molecular formula is C15H29NO2. The van der Waals surface area contributed by atoms with Crippen molar-refractivity contribution in [3.05, 3.63) is 0 Å². The number of hydrogen-bond donors (Lipinski definition) is 1. The van der Waals surface area contributed by atoms with E-state index in [1.54, 1.807) is 0 Å². The SMILES string of the molecule is CCNCC1(OCC2CCOC2)CCC(C)CC1. The quantitative estimate of drug-likeness (QED) is 0.791. The van der Waals surface area contributed by atoms with Crippen molar-refractivity contribution in [2.75, 3.05) is 32.9 Å². The van der Waals surface area contributed by atoms with E-state index in [1.165, 1.54) is 32.1 Å². The zero-order valence-corrected chi connectivity index (χ0v) is 12.0. The molecule has 1 N–H and O–H groups in total. The lowest BCUT2D eigenvalue weighted by atomic mass is 9.79. The summed E-state index contributed by atoms with van der Waals surface area (Å²) in [5.74, 6) is 1.50. The van der Waals surface area contributed by atoms with Gasteiger partial charge in [-0.1, -0.05) is 13.8 Å². The van der Waals surface area contributed by atoms with Crippen molar-refractivity contribution in [3.8, 4) is 0 Å². The summed E-state index contributed by atoms with van der Waals surface area (Å²) in [6.45, 7) is 9.29. The average molecular weight is 255 g/mol. The van der Waals surface area contributed by atoms with Crippen molar-refractivity contribution in [3.63, 3.8) is 0 Å². The first-order valence-electron chi connectivity index (χ1n) is 7.66. The molecule has 3 nitrogen and oxygen atoms in total. The summed E-state index contributed by atoms with van der Waals surface area (Å²) in [7, 11) is 0. The van der Waals surface area contributed by atoms with E-state index < -0.39 is 0 Å². The van der Waals surface area contributed by atoms with E-state index in [2.05, 4.69) is 19.2 Å². The number of ether oxygens (including phenoxy) is 2. The third-order valence-corrected chi connectivity index (χ3v) is 4.53. The molecule has 2 fully saturated rings. The minimum Gasteiger partial charge on any atom is -0.381 e. The third-order valence-electron chi connectivity index (χ3n) is 4.53. The average Bonchev–Trinajstić information content (AvgIpc) is 2.90. The smallest absolute Gasteiger partial charge is 0.0806 e. The van der Waals surface area contributed by atoms with Crippen LogP contribution in [0.2, 0.25) is 0 Å². The molecule has 1 saturated carbocycles. The Morgan fingerprint density at radius 2 is 2.06 bits per heavy atom. The molecule has 1 heterocycles. The molecule has 3 heteroatoms. The Morgan fingerprint density at radius 3 is 2.67 bits per heavy atom. The summed E-state index contributed by atoms with van der Waals surface area (Å²) in [6.07, 6.45) is 6.23. The molecule has 106 valence electrons. The summed E-state index contributed by atoms with van der Waals surface area (Å²) in [5, 5.41) is 3.49. The Morgan fingerprint density at radius 1 is 1.28 bits per heavy atom. The molecule has 0 bridgehead atoms. The van der Waals surface area contributed by atoms with Gasteiger partial charge in [0, 0.05) is 19.1 Å². The molecule has 1 saturated heterocycles. The second kappa shape index (κ2) is 6.88. The molecule has 0 amide bonds. The van der Waals surface area contributed by atoms with E-state index >= 15 is 0 Å². The molecule has 0 radical (unpaired) electrons. The van der Waals surface area contributed by atoms with Gasteiger partial charge in [-0.15, -0.1) is 0 Å². The van der Waals surface area contributed by atoms with E-state index in [0.29, 0.717) is 5.92 Å². The monoisotopic (exact) mass is 255 g/mol. The summed E-state index contributed by atoms with van der Waals surface area (Å²) in [4.78, 5) is 0. The fourth-order valence-corrected chi connectivity index (χ4v) is 3.02. The van der Waals surface area contributed by atoms with Gasteiger partial charge in [-0.05, 0) is 44.6 Å². The highest BCUT2D eigenvalue weighted by Crippen LogP contribution is 2.35. The third kappa shape index (κ3) is 3.94. The first kappa shape index (κ1) is 14.3. The molecule has 0 aromatic heterocycles. The van der Waals surface area contributed by atoms with Gasteiger partial charge in [-0.25, -0.2) is 0 Å². The zero-order chi connectivity index (χ0) is 12.8. The molecule has 18 heavy (non-hydrogen) atoms. The number of likely N-dealkylation sites (N-methyl/N-ethyl adjacent to an activating group) is 1. The second-order valence-electron chi connectivity index (χ2n) is 6.19. The lowest BCUT2D eigenvalue weighted by molar-refractivity contribution is -0.0875. The van der Waals surface area contributed by atoms with Crippen molar-refractivity contribution < 1.29 is 9.47 Å². The van der Waals surface area contributed by atoms with E-state index in [1.807, 2.05) is 0 Å². The largest absolute Gasteiger partial charge is 0.381 e. The predicted molar refractivity (Wildman–Crippen MR) is 73.8 cm³/mol. The minimum absolute atomic E-state index is 0.102. The Hall–Kier alpha value is -0.120. The Bertz CT molecular complexity index is 225. The standard InChI is InChI=1S/C15H29NO2/c1-3-16-12-15(7-4-13(2)5-8-15)18-11-14-6-9-17-10-14/h13-14,16H,3-12H2,1-2H3. The molecule has 0 spiro atoms. The zero-order valence-electron chi connectivity index (χ0n) is 12.0. The molecular weight excluding hydrogens is 226 g/mol. The maximum absolute atomic E-state index is 6.36. The van der Waals surface area contributed by atoms with Crippen molar-refractivity contribution in [1.29, 1.82) is 0 Å². The van der Waals surface area contributed by atoms with Gasteiger partial charge in [-0.2, -0.15) is 0 Å². The maximum atomic E-state index is 6.36. The van der Waals surface area contributed by atoms with Gasteiger partial charge >= 0.3 is 0 Å². The molecule has 1 aliphatic heterocycles. The first-order valence-corrected chi connectivity index (χ1v) is 7.66. The minimum atomic E-state index is 0.102. The Labute approximate surface area is 112 Å². The maximum Gasteiger partial charge on any atom is 0.0806 e.